The van der Waals surface area contributed by atoms with Gasteiger partial charge < -0.3 is 10.0 Å². The predicted molar refractivity (Wildman–Crippen MR) is 216 cm³/mol. The van der Waals surface area contributed by atoms with Crippen LogP contribution < -0.4 is 4.90 Å². The van der Waals surface area contributed by atoms with Gasteiger partial charge in [-0.25, -0.2) is 19.9 Å². The summed E-state index contributed by atoms with van der Waals surface area (Å²) < 4.78 is 4.36. The van der Waals surface area contributed by atoms with E-state index < -0.39 is 0 Å². The molecular formula is C38H40Br2ClN5OS2. The Morgan fingerprint density at radius 1 is 0.673 bits per heavy atom. The molecule has 1 aliphatic heterocycles. The lowest BCUT2D eigenvalue weighted by atomic mass is 9.95. The zero-order valence-corrected chi connectivity index (χ0v) is 34.6. The molecule has 2 aromatic carbocycles. The lowest BCUT2D eigenvalue weighted by Gasteiger charge is -2.32. The fourth-order valence-electron chi connectivity index (χ4n) is 7.08. The molecule has 49 heavy (non-hydrogen) atoms. The van der Waals surface area contributed by atoms with E-state index in [-0.39, 0.29) is 6.61 Å². The van der Waals surface area contributed by atoms with Crippen LogP contribution in [-0.4, -0.2) is 44.7 Å². The van der Waals surface area contributed by atoms with Crippen LogP contribution >= 0.6 is 66.1 Å². The van der Waals surface area contributed by atoms with Crippen molar-refractivity contribution in [2.75, 3.05) is 24.6 Å². The first-order chi connectivity index (χ1) is 23.3. The van der Waals surface area contributed by atoms with Gasteiger partial charge in [-0.2, -0.15) is 0 Å². The van der Waals surface area contributed by atoms with Crippen LogP contribution in [0.3, 0.4) is 0 Å². The standard InChI is InChI=1S/C22H26BrN3OS.C16H14BrClN2S/c1-12-9-17(23)10-13(2)18(12)19-14(3)28-21-20(19)24-15(4)25-22(21)26-7-5-16(11-27)6-8-26;1-7-5-11(17)6-8(2)12(7)13-9(3)21-15-14(13)19-10(4)20-16(15)18/h9-10,16,27H,5-8,11H2,1-4H3;5-6H,1-4H3. The number of hydrogen-bond acceptors (Lipinski definition) is 8. The second kappa shape index (κ2) is 14.6. The summed E-state index contributed by atoms with van der Waals surface area (Å²) >= 11 is 16.9. The van der Waals surface area contributed by atoms with E-state index in [1.807, 2.05) is 13.8 Å². The summed E-state index contributed by atoms with van der Waals surface area (Å²) in [5, 5.41) is 10.0. The van der Waals surface area contributed by atoms with E-state index in [2.05, 4.69) is 113 Å². The molecule has 1 N–H and O–H groups in total. The molecule has 1 saturated heterocycles. The second-order valence-electron chi connectivity index (χ2n) is 13.0. The molecule has 5 heterocycles. The molecule has 0 bridgehead atoms. The van der Waals surface area contributed by atoms with Gasteiger partial charge in [0.15, 0.2) is 5.15 Å². The van der Waals surface area contributed by atoms with Gasteiger partial charge in [0, 0.05) is 49.5 Å². The summed E-state index contributed by atoms with van der Waals surface area (Å²) in [5.74, 6) is 3.01. The van der Waals surface area contributed by atoms with Crippen molar-refractivity contribution < 1.29 is 5.11 Å². The number of halogens is 3. The third-order valence-electron chi connectivity index (χ3n) is 9.25. The molecule has 1 fully saturated rings. The van der Waals surface area contributed by atoms with Crippen molar-refractivity contribution in [3.63, 3.8) is 0 Å². The van der Waals surface area contributed by atoms with Crippen LogP contribution in [0.5, 0.6) is 0 Å². The fourth-order valence-corrected chi connectivity index (χ4v) is 10.9. The van der Waals surface area contributed by atoms with E-state index in [1.54, 1.807) is 22.7 Å². The van der Waals surface area contributed by atoms with Crippen LogP contribution in [-0.2, 0) is 0 Å². The normalized spacial score (nSPS) is 13.8. The Morgan fingerprint density at radius 2 is 1.10 bits per heavy atom. The molecule has 11 heteroatoms. The summed E-state index contributed by atoms with van der Waals surface area (Å²) in [5.41, 5.74) is 12.0. The third-order valence-corrected chi connectivity index (χ3v) is 12.7. The molecule has 6 aromatic rings. The van der Waals surface area contributed by atoms with Gasteiger partial charge in [-0.05, 0) is 132 Å². The van der Waals surface area contributed by atoms with E-state index in [9.17, 15) is 5.11 Å². The number of piperidine rings is 1. The van der Waals surface area contributed by atoms with E-state index in [0.717, 1.165) is 62.3 Å². The van der Waals surface area contributed by atoms with E-state index in [0.29, 0.717) is 16.9 Å². The van der Waals surface area contributed by atoms with Crippen molar-refractivity contribution >= 4 is 92.4 Å². The molecule has 0 unspecified atom stereocenters. The highest BCUT2D eigenvalue weighted by Crippen LogP contribution is 2.45. The minimum Gasteiger partial charge on any atom is -0.396 e. The van der Waals surface area contributed by atoms with E-state index in [4.69, 9.17) is 21.6 Å². The van der Waals surface area contributed by atoms with Crippen molar-refractivity contribution in [1.82, 2.24) is 19.9 Å². The Labute approximate surface area is 318 Å². The molecule has 1 aliphatic rings. The Balaban J connectivity index is 0.000000177. The quantitative estimate of drug-likeness (QED) is 0.178. The highest BCUT2D eigenvalue weighted by atomic mass is 79.9. The van der Waals surface area contributed by atoms with Crippen LogP contribution in [0.25, 0.3) is 42.7 Å². The van der Waals surface area contributed by atoms with Gasteiger partial charge in [0.05, 0.1) is 20.4 Å². The zero-order chi connectivity index (χ0) is 35.3. The maximum atomic E-state index is 9.46. The number of aliphatic hydroxyl groups is 1. The van der Waals surface area contributed by atoms with Gasteiger partial charge >= 0.3 is 0 Å². The van der Waals surface area contributed by atoms with E-state index >= 15 is 0 Å². The number of aromatic nitrogens is 4. The van der Waals surface area contributed by atoms with Crippen LogP contribution in [0.2, 0.25) is 5.15 Å². The SMILES string of the molecule is Cc1nc(Cl)c2sc(C)c(-c3c(C)cc(Br)cc3C)c2n1.Cc1nc(N2CCC(CO)CC2)c2sc(C)c(-c3c(C)cc(Br)cc3C)c2n1. The van der Waals surface area contributed by atoms with Crippen LogP contribution in [0.15, 0.2) is 33.2 Å². The molecule has 7 rings (SSSR count). The number of anilines is 1. The highest BCUT2D eigenvalue weighted by Gasteiger charge is 2.26. The number of aliphatic hydroxyl groups excluding tert-OH is 1. The number of nitrogens with zero attached hydrogens (tertiary/aromatic N) is 5. The first-order valence-electron chi connectivity index (χ1n) is 16.4. The van der Waals surface area contributed by atoms with Crippen LogP contribution in [0, 0.1) is 61.3 Å². The van der Waals surface area contributed by atoms with Crippen LogP contribution in [0.4, 0.5) is 5.82 Å². The fraction of sp³-hybridized carbons (Fsp3) is 0.368. The molecule has 256 valence electrons. The maximum Gasteiger partial charge on any atom is 0.150 e. The summed E-state index contributed by atoms with van der Waals surface area (Å²) in [4.78, 5) is 23.5. The number of fused-ring (bicyclic) bond motifs is 2. The second-order valence-corrected chi connectivity index (χ2v) is 17.7. The van der Waals surface area contributed by atoms with Crippen LogP contribution in [0.1, 0.15) is 56.5 Å². The minimum atomic E-state index is 0.288. The minimum absolute atomic E-state index is 0.288. The van der Waals surface area contributed by atoms with Crippen molar-refractivity contribution in [2.45, 2.75) is 68.2 Å². The smallest absolute Gasteiger partial charge is 0.150 e. The number of benzene rings is 2. The average Bonchev–Trinajstić information content (AvgIpc) is 3.52. The molecule has 0 saturated carbocycles. The first kappa shape index (κ1) is 36.3. The molecule has 0 aliphatic carbocycles. The highest BCUT2D eigenvalue weighted by molar-refractivity contribution is 9.10. The monoisotopic (exact) mass is 839 g/mol. The van der Waals surface area contributed by atoms with E-state index in [1.165, 1.54) is 59.0 Å². The Kier molecular flexibility index (Phi) is 10.9. The third kappa shape index (κ3) is 7.19. The van der Waals surface area contributed by atoms with Gasteiger partial charge in [0.25, 0.3) is 0 Å². The summed E-state index contributed by atoms with van der Waals surface area (Å²) in [6, 6.07) is 8.64. The number of hydrogen-bond donors (Lipinski definition) is 1. The Bertz CT molecular complexity index is 2180. The number of rotatable bonds is 4. The van der Waals surface area contributed by atoms with Crippen molar-refractivity contribution in [3.8, 4) is 22.3 Å². The molecule has 0 atom stereocenters. The molecule has 0 amide bonds. The van der Waals surface area contributed by atoms with Gasteiger partial charge in [-0.15, -0.1) is 22.7 Å². The number of thiophene rings is 2. The van der Waals surface area contributed by atoms with Gasteiger partial charge in [0.1, 0.15) is 17.5 Å². The number of aryl methyl sites for hydroxylation is 8. The lowest BCUT2D eigenvalue weighted by Crippen LogP contribution is -2.35. The molecule has 0 spiro atoms. The lowest BCUT2D eigenvalue weighted by molar-refractivity contribution is 0.203. The summed E-state index contributed by atoms with van der Waals surface area (Å²) in [6.45, 7) is 19.0. The zero-order valence-electron chi connectivity index (χ0n) is 29.1. The molecule has 4 aromatic heterocycles. The van der Waals surface area contributed by atoms with Crippen molar-refractivity contribution in [2.24, 2.45) is 5.92 Å². The predicted octanol–water partition coefficient (Wildman–Crippen LogP) is 11.6. The van der Waals surface area contributed by atoms with Crippen molar-refractivity contribution in [1.29, 1.82) is 0 Å². The Hall–Kier alpha value is -2.47. The first-order valence-corrected chi connectivity index (χ1v) is 20.0. The molecule has 0 radical (unpaired) electrons. The topological polar surface area (TPSA) is 75.0 Å². The largest absolute Gasteiger partial charge is 0.396 e. The summed E-state index contributed by atoms with van der Waals surface area (Å²) in [6.07, 6.45) is 2.03. The summed E-state index contributed by atoms with van der Waals surface area (Å²) in [7, 11) is 0. The van der Waals surface area contributed by atoms with Gasteiger partial charge in [-0.1, -0.05) is 43.5 Å². The van der Waals surface area contributed by atoms with Gasteiger partial charge in [-0.3, -0.25) is 0 Å². The average molecular weight is 842 g/mol. The van der Waals surface area contributed by atoms with Crippen molar-refractivity contribution in [3.05, 3.63) is 82.0 Å². The Morgan fingerprint density at radius 3 is 1.57 bits per heavy atom. The molecular weight excluding hydrogens is 802 g/mol. The molecule has 6 nitrogen and oxygen atoms in total. The maximum absolute atomic E-state index is 9.46. The van der Waals surface area contributed by atoms with Gasteiger partial charge in [0.2, 0.25) is 0 Å².